The highest BCUT2D eigenvalue weighted by Gasteiger charge is 2.05. The first-order chi connectivity index (χ1) is 12.2. The smallest absolute Gasteiger partial charge is 0.124 e. The molecule has 0 aliphatic carbocycles. The topological polar surface area (TPSA) is 21.3 Å². The van der Waals surface area contributed by atoms with Crippen molar-refractivity contribution in [2.45, 2.75) is 59.1 Å². The normalized spacial score (nSPS) is 10.4. The van der Waals surface area contributed by atoms with Gasteiger partial charge < -0.3 is 10.1 Å². The van der Waals surface area contributed by atoms with Crippen LogP contribution in [0.4, 0.5) is 0 Å². The zero-order valence-electron chi connectivity index (χ0n) is 15.9. The molecule has 0 unspecified atom stereocenters. The Morgan fingerprint density at radius 1 is 0.962 bits per heavy atom. The molecule has 1 N–H and O–H groups in total. The summed E-state index contributed by atoms with van der Waals surface area (Å²) in [4.78, 5) is 0. The fourth-order valence-corrected chi connectivity index (χ4v) is 3.16. The Morgan fingerprint density at radius 2 is 1.69 bits per heavy atom. The summed E-state index contributed by atoms with van der Waals surface area (Å²) in [5.74, 6) is 0.960. The van der Waals surface area contributed by atoms with E-state index in [0.717, 1.165) is 23.3 Å². The largest absolute Gasteiger partial charge is 0.489 e. The van der Waals surface area contributed by atoms with Crippen molar-refractivity contribution in [2.24, 2.45) is 0 Å². The van der Waals surface area contributed by atoms with E-state index in [-0.39, 0.29) is 12.4 Å². The third-order valence-electron chi connectivity index (χ3n) is 4.31. The number of hydrogen-bond donors (Lipinski definition) is 1. The lowest BCUT2D eigenvalue weighted by atomic mass is 10.1. The zero-order valence-corrected chi connectivity index (χ0v) is 18.3. The van der Waals surface area contributed by atoms with Crippen LogP contribution in [0, 0.1) is 6.92 Å². The molecule has 0 atom stereocenters. The number of halogens is 2. The van der Waals surface area contributed by atoms with Crippen molar-refractivity contribution in [3.63, 3.8) is 0 Å². The van der Waals surface area contributed by atoms with Gasteiger partial charge in [-0.25, -0.2) is 0 Å². The molecule has 0 bridgehead atoms. The summed E-state index contributed by atoms with van der Waals surface area (Å²) in [6.45, 7) is 6.87. The molecule has 0 aromatic heterocycles. The Morgan fingerprint density at radius 3 is 2.42 bits per heavy atom. The first kappa shape index (κ1) is 23.0. The lowest BCUT2D eigenvalue weighted by Gasteiger charge is -2.13. The summed E-state index contributed by atoms with van der Waals surface area (Å²) >= 11 is 3.57. The minimum Gasteiger partial charge on any atom is -0.489 e. The van der Waals surface area contributed by atoms with Gasteiger partial charge >= 0.3 is 0 Å². The van der Waals surface area contributed by atoms with Crippen LogP contribution in [0.15, 0.2) is 46.9 Å². The van der Waals surface area contributed by atoms with Gasteiger partial charge in [0, 0.05) is 16.6 Å². The molecule has 0 fully saturated rings. The molecule has 2 aromatic carbocycles. The average molecular weight is 441 g/mol. The molecule has 0 aliphatic rings. The third-order valence-corrected chi connectivity index (χ3v) is 4.80. The summed E-state index contributed by atoms with van der Waals surface area (Å²) in [5.41, 5.74) is 3.68. The van der Waals surface area contributed by atoms with Gasteiger partial charge in [0.15, 0.2) is 0 Å². The first-order valence-corrected chi connectivity index (χ1v) is 10.2. The van der Waals surface area contributed by atoms with Crippen molar-refractivity contribution in [1.82, 2.24) is 5.32 Å². The van der Waals surface area contributed by atoms with Gasteiger partial charge in [0.25, 0.3) is 0 Å². The van der Waals surface area contributed by atoms with Crippen LogP contribution in [-0.4, -0.2) is 6.54 Å². The monoisotopic (exact) mass is 439 g/mol. The maximum Gasteiger partial charge on any atom is 0.124 e. The molecule has 0 saturated heterocycles. The molecule has 4 heteroatoms. The summed E-state index contributed by atoms with van der Waals surface area (Å²) in [6.07, 6.45) is 6.55. The Balaban J connectivity index is 0.00000338. The summed E-state index contributed by atoms with van der Waals surface area (Å²) in [7, 11) is 0. The molecule has 2 nitrogen and oxygen atoms in total. The van der Waals surface area contributed by atoms with Crippen molar-refractivity contribution in [2.75, 3.05) is 6.54 Å². The second kappa shape index (κ2) is 13.2. The van der Waals surface area contributed by atoms with Crippen molar-refractivity contribution >= 4 is 28.3 Å². The van der Waals surface area contributed by atoms with Crippen LogP contribution in [0.3, 0.4) is 0 Å². The third kappa shape index (κ3) is 8.57. The SMILES string of the molecule is CCCCCCCNCc1cc(Br)ccc1OCc1ccc(C)cc1.Cl. The standard InChI is InChI=1S/C22H30BrNO.ClH/c1-3-4-5-6-7-14-24-16-20-15-21(23)12-13-22(20)25-17-19-10-8-18(2)9-11-19;/h8-13,15,24H,3-7,14,16-17H2,1-2H3;1H. The number of rotatable bonds is 11. The number of nitrogens with one attached hydrogen (secondary N) is 1. The van der Waals surface area contributed by atoms with Gasteiger partial charge in [0.05, 0.1) is 0 Å². The molecule has 0 amide bonds. The minimum atomic E-state index is 0. The number of ether oxygens (including phenoxy) is 1. The highest BCUT2D eigenvalue weighted by atomic mass is 79.9. The van der Waals surface area contributed by atoms with Crippen LogP contribution in [0.1, 0.15) is 55.7 Å². The van der Waals surface area contributed by atoms with E-state index in [0.29, 0.717) is 6.61 Å². The molecule has 26 heavy (non-hydrogen) atoms. The van der Waals surface area contributed by atoms with Crippen LogP contribution >= 0.6 is 28.3 Å². The van der Waals surface area contributed by atoms with E-state index in [1.54, 1.807) is 0 Å². The van der Waals surface area contributed by atoms with Crippen LogP contribution in [0.2, 0.25) is 0 Å². The molecule has 0 aliphatic heterocycles. The maximum atomic E-state index is 6.07. The van der Waals surface area contributed by atoms with Gasteiger partial charge in [0.1, 0.15) is 12.4 Å². The Labute approximate surface area is 173 Å². The zero-order chi connectivity index (χ0) is 17.9. The Kier molecular flexibility index (Phi) is 11.7. The fourth-order valence-electron chi connectivity index (χ4n) is 2.75. The van der Waals surface area contributed by atoms with Gasteiger partial charge in [-0.2, -0.15) is 0 Å². The maximum absolute atomic E-state index is 6.07. The van der Waals surface area contributed by atoms with Crippen molar-refractivity contribution in [1.29, 1.82) is 0 Å². The molecule has 0 saturated carbocycles. The van der Waals surface area contributed by atoms with Gasteiger partial charge in [-0.1, -0.05) is 78.4 Å². The van der Waals surface area contributed by atoms with E-state index < -0.39 is 0 Å². The van der Waals surface area contributed by atoms with Crippen molar-refractivity contribution in [3.05, 3.63) is 63.6 Å². The predicted octanol–water partition coefficient (Wildman–Crippen LogP) is 6.82. The number of benzene rings is 2. The minimum absolute atomic E-state index is 0. The fraction of sp³-hybridized carbons (Fsp3) is 0.455. The van der Waals surface area contributed by atoms with Crippen LogP contribution in [-0.2, 0) is 13.2 Å². The van der Waals surface area contributed by atoms with Gasteiger partial charge in [-0.15, -0.1) is 12.4 Å². The lowest BCUT2D eigenvalue weighted by Crippen LogP contribution is -2.15. The van der Waals surface area contributed by atoms with Gasteiger partial charge in [-0.3, -0.25) is 0 Å². The lowest BCUT2D eigenvalue weighted by molar-refractivity contribution is 0.302. The van der Waals surface area contributed by atoms with Gasteiger partial charge in [0.2, 0.25) is 0 Å². The number of unbranched alkanes of at least 4 members (excludes halogenated alkanes) is 4. The molecule has 2 rings (SSSR count). The van der Waals surface area contributed by atoms with Crippen LogP contribution < -0.4 is 10.1 Å². The van der Waals surface area contributed by atoms with E-state index in [9.17, 15) is 0 Å². The molecule has 2 aromatic rings. The highest BCUT2D eigenvalue weighted by molar-refractivity contribution is 9.10. The van der Waals surface area contributed by atoms with Crippen LogP contribution in [0.5, 0.6) is 5.75 Å². The number of aryl methyl sites for hydroxylation is 1. The molecular weight excluding hydrogens is 410 g/mol. The second-order valence-corrected chi connectivity index (χ2v) is 7.53. The average Bonchev–Trinajstić information content (AvgIpc) is 2.61. The summed E-state index contributed by atoms with van der Waals surface area (Å²) in [5, 5.41) is 3.55. The van der Waals surface area contributed by atoms with E-state index in [2.05, 4.69) is 71.5 Å². The first-order valence-electron chi connectivity index (χ1n) is 9.36. The van der Waals surface area contributed by atoms with Crippen molar-refractivity contribution < 1.29 is 4.74 Å². The van der Waals surface area contributed by atoms with Crippen molar-refractivity contribution in [3.8, 4) is 5.75 Å². The summed E-state index contributed by atoms with van der Waals surface area (Å²) < 4.78 is 7.16. The Bertz CT molecular complexity index is 631. The Hall–Kier alpha value is -1.03. The quantitative estimate of drug-likeness (QED) is 0.387. The number of hydrogen-bond acceptors (Lipinski definition) is 2. The van der Waals surface area contributed by atoms with E-state index in [4.69, 9.17) is 4.74 Å². The molecular formula is C22H31BrClNO. The van der Waals surface area contributed by atoms with Crippen LogP contribution in [0.25, 0.3) is 0 Å². The predicted molar refractivity (Wildman–Crippen MR) is 117 cm³/mol. The van der Waals surface area contributed by atoms with Gasteiger partial charge in [-0.05, 0) is 43.7 Å². The molecule has 0 radical (unpaired) electrons. The summed E-state index contributed by atoms with van der Waals surface area (Å²) in [6, 6.07) is 14.7. The highest BCUT2D eigenvalue weighted by Crippen LogP contribution is 2.24. The molecule has 0 spiro atoms. The molecule has 144 valence electrons. The van der Waals surface area contributed by atoms with E-state index >= 15 is 0 Å². The molecule has 0 heterocycles. The second-order valence-electron chi connectivity index (χ2n) is 6.62. The van der Waals surface area contributed by atoms with E-state index in [1.165, 1.54) is 48.8 Å². The van der Waals surface area contributed by atoms with E-state index in [1.807, 2.05) is 6.07 Å².